The van der Waals surface area contributed by atoms with Gasteiger partial charge < -0.3 is 10.1 Å². The minimum absolute atomic E-state index is 0.00201. The van der Waals surface area contributed by atoms with Crippen molar-refractivity contribution in [3.63, 3.8) is 0 Å². The SMILES string of the molecule is COCc1ccccc1CNc1ncc([N+](=O)[O-])cc1C. The average molecular weight is 287 g/mol. The van der Waals surface area contributed by atoms with Gasteiger partial charge in [-0.1, -0.05) is 24.3 Å². The van der Waals surface area contributed by atoms with Crippen LogP contribution in [0, 0.1) is 17.0 Å². The van der Waals surface area contributed by atoms with E-state index in [2.05, 4.69) is 10.3 Å². The molecule has 0 aliphatic rings. The van der Waals surface area contributed by atoms with E-state index in [1.807, 2.05) is 24.3 Å². The summed E-state index contributed by atoms with van der Waals surface area (Å²) in [4.78, 5) is 14.4. The van der Waals surface area contributed by atoms with Crippen LogP contribution in [0.5, 0.6) is 0 Å². The quantitative estimate of drug-likeness (QED) is 0.652. The van der Waals surface area contributed by atoms with Crippen molar-refractivity contribution in [2.75, 3.05) is 12.4 Å². The van der Waals surface area contributed by atoms with Gasteiger partial charge in [-0.2, -0.15) is 0 Å². The van der Waals surface area contributed by atoms with E-state index in [9.17, 15) is 10.1 Å². The van der Waals surface area contributed by atoms with E-state index in [4.69, 9.17) is 4.74 Å². The van der Waals surface area contributed by atoms with Crippen LogP contribution in [0.15, 0.2) is 36.5 Å². The van der Waals surface area contributed by atoms with Gasteiger partial charge in [-0.3, -0.25) is 10.1 Å². The predicted molar refractivity (Wildman–Crippen MR) is 80.1 cm³/mol. The lowest BCUT2D eigenvalue weighted by atomic mass is 10.1. The second kappa shape index (κ2) is 6.81. The van der Waals surface area contributed by atoms with Crippen LogP contribution in [-0.2, 0) is 17.9 Å². The van der Waals surface area contributed by atoms with E-state index in [1.165, 1.54) is 12.3 Å². The summed E-state index contributed by atoms with van der Waals surface area (Å²) in [5, 5.41) is 13.9. The fourth-order valence-corrected chi connectivity index (χ4v) is 2.05. The van der Waals surface area contributed by atoms with E-state index in [0.29, 0.717) is 19.0 Å². The van der Waals surface area contributed by atoms with Crippen LogP contribution in [0.4, 0.5) is 11.5 Å². The average Bonchev–Trinajstić information content (AvgIpc) is 2.47. The first-order valence-corrected chi connectivity index (χ1v) is 6.52. The Morgan fingerprint density at radius 1 is 1.33 bits per heavy atom. The lowest BCUT2D eigenvalue weighted by Gasteiger charge is -2.11. The van der Waals surface area contributed by atoms with Crippen LogP contribution >= 0.6 is 0 Å². The number of ether oxygens (including phenoxy) is 1. The Bertz CT molecular complexity index is 644. The number of nitro groups is 1. The van der Waals surface area contributed by atoms with Crippen molar-refractivity contribution in [1.29, 1.82) is 0 Å². The summed E-state index contributed by atoms with van der Waals surface area (Å²) in [5.74, 6) is 0.646. The fraction of sp³-hybridized carbons (Fsp3) is 0.267. The van der Waals surface area contributed by atoms with Gasteiger partial charge in [0.05, 0.1) is 11.5 Å². The van der Waals surface area contributed by atoms with Gasteiger partial charge in [-0.25, -0.2) is 4.98 Å². The highest BCUT2D eigenvalue weighted by Crippen LogP contribution is 2.19. The normalized spacial score (nSPS) is 10.4. The molecule has 1 heterocycles. The zero-order valence-corrected chi connectivity index (χ0v) is 12.0. The number of aryl methyl sites for hydroxylation is 1. The van der Waals surface area contributed by atoms with E-state index < -0.39 is 4.92 Å². The Morgan fingerprint density at radius 3 is 2.67 bits per heavy atom. The third-order valence-corrected chi connectivity index (χ3v) is 3.14. The number of hydrogen-bond acceptors (Lipinski definition) is 5. The number of nitrogens with one attached hydrogen (secondary N) is 1. The highest BCUT2D eigenvalue weighted by Gasteiger charge is 2.09. The molecule has 21 heavy (non-hydrogen) atoms. The molecule has 0 aliphatic heterocycles. The highest BCUT2D eigenvalue weighted by atomic mass is 16.6. The van der Waals surface area contributed by atoms with Crippen LogP contribution in [0.25, 0.3) is 0 Å². The van der Waals surface area contributed by atoms with Crippen molar-refractivity contribution in [3.8, 4) is 0 Å². The van der Waals surface area contributed by atoms with Gasteiger partial charge in [-0.05, 0) is 23.6 Å². The lowest BCUT2D eigenvalue weighted by molar-refractivity contribution is -0.385. The van der Waals surface area contributed by atoms with Gasteiger partial charge in [0.25, 0.3) is 5.69 Å². The first-order valence-electron chi connectivity index (χ1n) is 6.52. The standard InChI is InChI=1S/C15H17N3O3/c1-11-7-14(18(19)20)9-17-15(11)16-8-12-5-3-4-6-13(12)10-21-2/h3-7,9H,8,10H2,1-2H3,(H,16,17). The van der Waals surface area contributed by atoms with Gasteiger partial charge in [-0.15, -0.1) is 0 Å². The maximum Gasteiger partial charge on any atom is 0.287 e. The molecule has 0 unspecified atom stereocenters. The number of anilines is 1. The number of pyridine rings is 1. The molecular formula is C15H17N3O3. The van der Waals surface area contributed by atoms with Gasteiger partial charge in [0.1, 0.15) is 12.0 Å². The molecule has 2 aromatic rings. The molecule has 0 fully saturated rings. The third kappa shape index (κ3) is 3.76. The Labute approximate surface area is 122 Å². The Kier molecular flexibility index (Phi) is 4.84. The van der Waals surface area contributed by atoms with Crippen molar-refractivity contribution >= 4 is 11.5 Å². The molecule has 0 amide bonds. The molecule has 1 N–H and O–H groups in total. The number of hydrogen-bond donors (Lipinski definition) is 1. The zero-order chi connectivity index (χ0) is 15.2. The molecule has 0 saturated carbocycles. The number of nitrogens with zero attached hydrogens (tertiary/aromatic N) is 2. The van der Waals surface area contributed by atoms with Gasteiger partial charge in [0.2, 0.25) is 0 Å². The van der Waals surface area contributed by atoms with Crippen LogP contribution in [0.1, 0.15) is 16.7 Å². The molecule has 110 valence electrons. The minimum Gasteiger partial charge on any atom is -0.380 e. The summed E-state index contributed by atoms with van der Waals surface area (Å²) < 4.78 is 5.17. The van der Waals surface area contributed by atoms with E-state index >= 15 is 0 Å². The summed E-state index contributed by atoms with van der Waals surface area (Å²) in [6.07, 6.45) is 1.26. The Hall–Kier alpha value is -2.47. The van der Waals surface area contributed by atoms with Gasteiger partial charge in [0, 0.05) is 19.7 Å². The molecular weight excluding hydrogens is 270 g/mol. The van der Waals surface area contributed by atoms with Gasteiger partial charge >= 0.3 is 0 Å². The fourth-order valence-electron chi connectivity index (χ4n) is 2.05. The number of methoxy groups -OCH3 is 1. The lowest BCUT2D eigenvalue weighted by Crippen LogP contribution is -2.06. The molecule has 1 aromatic heterocycles. The van der Waals surface area contributed by atoms with Crippen molar-refractivity contribution in [2.24, 2.45) is 0 Å². The second-order valence-electron chi connectivity index (χ2n) is 4.67. The third-order valence-electron chi connectivity index (χ3n) is 3.14. The molecule has 0 radical (unpaired) electrons. The minimum atomic E-state index is -0.447. The monoisotopic (exact) mass is 287 g/mol. The van der Waals surface area contributed by atoms with Crippen molar-refractivity contribution in [3.05, 3.63) is 63.3 Å². The molecule has 0 saturated heterocycles. The molecule has 0 aliphatic carbocycles. The smallest absolute Gasteiger partial charge is 0.287 e. The Balaban J connectivity index is 2.11. The van der Waals surface area contributed by atoms with Crippen LogP contribution in [-0.4, -0.2) is 17.0 Å². The van der Waals surface area contributed by atoms with Crippen LogP contribution < -0.4 is 5.32 Å². The summed E-state index contributed by atoms with van der Waals surface area (Å²) in [7, 11) is 1.66. The summed E-state index contributed by atoms with van der Waals surface area (Å²) in [5.41, 5.74) is 2.96. The summed E-state index contributed by atoms with van der Waals surface area (Å²) >= 11 is 0. The number of aromatic nitrogens is 1. The number of benzene rings is 1. The summed E-state index contributed by atoms with van der Waals surface area (Å²) in [6, 6.07) is 9.47. The maximum absolute atomic E-state index is 10.7. The number of rotatable bonds is 6. The molecule has 0 spiro atoms. The predicted octanol–water partition coefficient (Wildman–Crippen LogP) is 3.06. The summed E-state index contributed by atoms with van der Waals surface area (Å²) in [6.45, 7) is 2.93. The zero-order valence-electron chi connectivity index (χ0n) is 12.0. The van der Waals surface area contributed by atoms with Crippen LogP contribution in [0.2, 0.25) is 0 Å². The molecule has 1 aromatic carbocycles. The van der Waals surface area contributed by atoms with E-state index in [1.54, 1.807) is 14.0 Å². The molecule has 0 atom stereocenters. The van der Waals surface area contributed by atoms with Crippen molar-refractivity contribution in [1.82, 2.24) is 4.98 Å². The Morgan fingerprint density at radius 2 is 2.05 bits per heavy atom. The topological polar surface area (TPSA) is 77.3 Å². The maximum atomic E-state index is 10.7. The molecule has 6 heteroatoms. The van der Waals surface area contributed by atoms with Crippen LogP contribution in [0.3, 0.4) is 0 Å². The molecule has 6 nitrogen and oxygen atoms in total. The van der Waals surface area contributed by atoms with Crippen molar-refractivity contribution < 1.29 is 9.66 Å². The van der Waals surface area contributed by atoms with Crippen molar-refractivity contribution in [2.45, 2.75) is 20.1 Å². The largest absolute Gasteiger partial charge is 0.380 e. The molecule has 2 rings (SSSR count). The first kappa shape index (κ1) is 14.9. The highest BCUT2D eigenvalue weighted by molar-refractivity contribution is 5.48. The van der Waals surface area contributed by atoms with Gasteiger partial charge in [0.15, 0.2) is 0 Å². The molecule has 0 bridgehead atoms. The van der Waals surface area contributed by atoms with E-state index in [0.717, 1.165) is 16.7 Å². The van der Waals surface area contributed by atoms with E-state index in [-0.39, 0.29) is 5.69 Å². The second-order valence-corrected chi connectivity index (χ2v) is 4.67. The first-order chi connectivity index (χ1) is 10.1.